The average Bonchev–Trinajstić information content (AvgIpc) is 3.40. The summed E-state index contributed by atoms with van der Waals surface area (Å²) in [6.45, 7) is 3.14. The Morgan fingerprint density at radius 3 is 2.60 bits per heavy atom. The Hall–Kier alpha value is -3.37. The minimum atomic E-state index is -0.255. The molecule has 40 heavy (non-hydrogen) atoms. The molecule has 1 saturated heterocycles. The number of nitrogens with zero attached hydrogens (tertiary/aromatic N) is 5. The van der Waals surface area contributed by atoms with Crippen molar-refractivity contribution in [1.29, 1.82) is 0 Å². The molecular formula is C28H26Cl3N5O4. The number of hydrogen-bond donors (Lipinski definition) is 0. The maximum atomic E-state index is 13.4. The summed E-state index contributed by atoms with van der Waals surface area (Å²) < 4.78 is 14.5. The van der Waals surface area contributed by atoms with E-state index in [9.17, 15) is 9.59 Å². The van der Waals surface area contributed by atoms with Crippen molar-refractivity contribution < 1.29 is 14.3 Å². The third-order valence-electron chi connectivity index (χ3n) is 6.64. The SMILES string of the molecule is COc1ccc(C)cc1-n1cc(C(=O)N2CCCC(OCc3cn(-c4c(Cl)cc(Cl)cc4Cl)nn3)C2)ccc1=O. The van der Waals surface area contributed by atoms with Gasteiger partial charge in [-0.2, -0.15) is 0 Å². The molecule has 1 aliphatic rings. The van der Waals surface area contributed by atoms with E-state index in [2.05, 4.69) is 10.3 Å². The van der Waals surface area contributed by atoms with Gasteiger partial charge in [-0.3, -0.25) is 14.2 Å². The molecule has 1 aliphatic heterocycles. The van der Waals surface area contributed by atoms with Crippen LogP contribution in [0.5, 0.6) is 5.75 Å². The first-order valence-corrected chi connectivity index (χ1v) is 13.7. The zero-order chi connectivity index (χ0) is 28.4. The van der Waals surface area contributed by atoms with Crippen LogP contribution in [-0.4, -0.2) is 56.7 Å². The number of rotatable bonds is 7. The average molecular weight is 603 g/mol. The number of benzene rings is 2. The van der Waals surface area contributed by atoms with Gasteiger partial charge in [0.25, 0.3) is 11.5 Å². The smallest absolute Gasteiger partial charge is 0.255 e. The van der Waals surface area contributed by atoms with E-state index in [4.69, 9.17) is 44.3 Å². The van der Waals surface area contributed by atoms with Crippen LogP contribution in [0.2, 0.25) is 15.1 Å². The molecule has 2 aromatic carbocycles. The molecule has 4 aromatic rings. The van der Waals surface area contributed by atoms with Crippen molar-refractivity contribution in [3.05, 3.63) is 97.1 Å². The topological polar surface area (TPSA) is 91.5 Å². The normalized spacial score (nSPS) is 15.3. The molecule has 3 heterocycles. The molecule has 5 rings (SSSR count). The van der Waals surface area contributed by atoms with Gasteiger partial charge in [0.2, 0.25) is 0 Å². The number of piperidine rings is 1. The first-order chi connectivity index (χ1) is 19.2. The number of halogens is 3. The highest BCUT2D eigenvalue weighted by molar-refractivity contribution is 6.40. The van der Waals surface area contributed by atoms with Crippen molar-refractivity contribution >= 4 is 40.7 Å². The lowest BCUT2D eigenvalue weighted by Crippen LogP contribution is -2.43. The first-order valence-electron chi connectivity index (χ1n) is 12.6. The predicted molar refractivity (Wildman–Crippen MR) is 153 cm³/mol. The molecule has 0 bridgehead atoms. The fourth-order valence-electron chi connectivity index (χ4n) is 4.66. The summed E-state index contributed by atoms with van der Waals surface area (Å²) in [6, 6.07) is 11.7. The summed E-state index contributed by atoms with van der Waals surface area (Å²) in [4.78, 5) is 27.9. The van der Waals surface area contributed by atoms with Crippen LogP contribution in [-0.2, 0) is 11.3 Å². The van der Waals surface area contributed by atoms with Gasteiger partial charge in [-0.05, 0) is 55.7 Å². The fourth-order valence-corrected chi connectivity index (χ4v) is 5.65. The molecule has 0 radical (unpaired) electrons. The van der Waals surface area contributed by atoms with E-state index in [1.165, 1.54) is 15.3 Å². The van der Waals surface area contributed by atoms with Crippen LogP contribution in [0.25, 0.3) is 11.4 Å². The Balaban J connectivity index is 1.27. The van der Waals surface area contributed by atoms with E-state index in [0.717, 1.165) is 18.4 Å². The van der Waals surface area contributed by atoms with Crippen molar-refractivity contribution in [2.75, 3.05) is 20.2 Å². The van der Waals surface area contributed by atoms with E-state index in [1.54, 1.807) is 48.7 Å². The Labute approximate surface area is 245 Å². The lowest BCUT2D eigenvalue weighted by molar-refractivity contribution is -0.00790. The molecule has 1 amide bonds. The highest BCUT2D eigenvalue weighted by Gasteiger charge is 2.26. The lowest BCUT2D eigenvalue weighted by Gasteiger charge is -2.32. The van der Waals surface area contributed by atoms with E-state index in [-0.39, 0.29) is 24.2 Å². The Morgan fingerprint density at radius 1 is 1.07 bits per heavy atom. The van der Waals surface area contributed by atoms with Gasteiger partial charge in [-0.25, -0.2) is 4.68 Å². The number of pyridine rings is 1. The van der Waals surface area contributed by atoms with Gasteiger partial charge in [0.15, 0.2) is 0 Å². The highest BCUT2D eigenvalue weighted by atomic mass is 35.5. The van der Waals surface area contributed by atoms with Gasteiger partial charge < -0.3 is 14.4 Å². The van der Waals surface area contributed by atoms with Crippen LogP contribution < -0.4 is 10.3 Å². The number of likely N-dealkylation sites (tertiary alicyclic amines) is 1. The van der Waals surface area contributed by atoms with Gasteiger partial charge in [-0.15, -0.1) is 5.10 Å². The maximum absolute atomic E-state index is 13.4. The summed E-state index contributed by atoms with van der Waals surface area (Å²) in [7, 11) is 1.55. The number of carbonyl (C=O) groups is 1. The third kappa shape index (κ3) is 6.02. The first kappa shape index (κ1) is 28.2. The van der Waals surface area contributed by atoms with Gasteiger partial charge in [0.1, 0.15) is 17.1 Å². The van der Waals surface area contributed by atoms with Crippen LogP contribution in [0.3, 0.4) is 0 Å². The Morgan fingerprint density at radius 2 is 1.85 bits per heavy atom. The van der Waals surface area contributed by atoms with E-state index >= 15 is 0 Å². The highest BCUT2D eigenvalue weighted by Crippen LogP contribution is 2.32. The van der Waals surface area contributed by atoms with Gasteiger partial charge in [0, 0.05) is 30.4 Å². The lowest BCUT2D eigenvalue weighted by atomic mass is 10.1. The Bertz CT molecular complexity index is 1600. The predicted octanol–water partition coefficient (Wildman–Crippen LogP) is 5.52. The van der Waals surface area contributed by atoms with Crippen LogP contribution >= 0.6 is 34.8 Å². The van der Waals surface area contributed by atoms with Crippen LogP contribution in [0.1, 0.15) is 34.5 Å². The second-order valence-corrected chi connectivity index (χ2v) is 10.8. The second kappa shape index (κ2) is 12.0. The van der Waals surface area contributed by atoms with Gasteiger partial charge in [0.05, 0.1) is 47.3 Å². The molecule has 0 spiro atoms. The number of aromatic nitrogens is 4. The molecule has 0 saturated carbocycles. The van der Waals surface area contributed by atoms with E-state index in [1.807, 2.05) is 19.1 Å². The molecule has 1 atom stereocenters. The number of aryl methyl sites for hydroxylation is 1. The summed E-state index contributed by atoms with van der Waals surface area (Å²) in [6.07, 6.45) is 4.65. The molecule has 1 fully saturated rings. The van der Waals surface area contributed by atoms with E-state index < -0.39 is 0 Å². The minimum absolute atomic E-state index is 0.174. The van der Waals surface area contributed by atoms with Crippen molar-refractivity contribution in [2.45, 2.75) is 32.5 Å². The fraction of sp³-hybridized carbons (Fsp3) is 0.286. The monoisotopic (exact) mass is 601 g/mol. The third-order valence-corrected chi connectivity index (χ3v) is 7.43. The number of methoxy groups -OCH3 is 1. The number of ether oxygens (including phenoxy) is 2. The second-order valence-electron chi connectivity index (χ2n) is 9.50. The Kier molecular flexibility index (Phi) is 8.46. The van der Waals surface area contributed by atoms with Crippen LogP contribution in [0.4, 0.5) is 0 Å². The summed E-state index contributed by atoms with van der Waals surface area (Å²) in [5, 5.41) is 9.41. The van der Waals surface area contributed by atoms with Crippen molar-refractivity contribution in [3.63, 3.8) is 0 Å². The van der Waals surface area contributed by atoms with Crippen molar-refractivity contribution in [1.82, 2.24) is 24.5 Å². The summed E-state index contributed by atoms with van der Waals surface area (Å²) in [5.74, 6) is 0.368. The molecule has 0 N–H and O–H groups in total. The van der Waals surface area contributed by atoms with Gasteiger partial charge in [-0.1, -0.05) is 46.1 Å². The van der Waals surface area contributed by atoms with E-state index in [0.29, 0.717) is 56.5 Å². The molecular weight excluding hydrogens is 577 g/mol. The zero-order valence-corrected chi connectivity index (χ0v) is 24.1. The van der Waals surface area contributed by atoms with Gasteiger partial charge >= 0.3 is 0 Å². The molecule has 1 unspecified atom stereocenters. The number of carbonyl (C=O) groups excluding carboxylic acids is 1. The van der Waals surface area contributed by atoms with Crippen molar-refractivity contribution in [3.8, 4) is 17.1 Å². The maximum Gasteiger partial charge on any atom is 0.255 e. The zero-order valence-electron chi connectivity index (χ0n) is 21.8. The van der Waals surface area contributed by atoms with Crippen LogP contribution in [0, 0.1) is 6.92 Å². The molecule has 9 nitrogen and oxygen atoms in total. The largest absolute Gasteiger partial charge is 0.495 e. The minimum Gasteiger partial charge on any atom is -0.495 e. The van der Waals surface area contributed by atoms with Crippen LogP contribution in [0.15, 0.2) is 59.7 Å². The number of hydrogen-bond acceptors (Lipinski definition) is 6. The quantitative estimate of drug-likeness (QED) is 0.277. The number of amides is 1. The summed E-state index contributed by atoms with van der Waals surface area (Å²) >= 11 is 18.6. The molecule has 12 heteroatoms. The standard InChI is InChI=1S/C28H26Cl3N5O4/c1-17-5-7-25(39-2)24(10-17)35-13-18(6-8-26(35)37)28(38)34-9-3-4-21(15-34)40-16-20-14-36(33-32-20)27-22(30)11-19(29)12-23(27)31/h5-8,10-14,21H,3-4,9,15-16H2,1-2H3. The van der Waals surface area contributed by atoms with Crippen molar-refractivity contribution in [2.24, 2.45) is 0 Å². The molecule has 0 aliphatic carbocycles. The molecule has 208 valence electrons. The molecule has 2 aromatic heterocycles. The summed E-state index contributed by atoms with van der Waals surface area (Å²) in [5.41, 5.74) is 2.76.